The monoisotopic (exact) mass is 409 g/mol. The smallest absolute Gasteiger partial charge is 0.202 e. The van der Waals surface area contributed by atoms with E-state index in [2.05, 4.69) is 34.8 Å². The second kappa shape index (κ2) is 6.94. The van der Waals surface area contributed by atoms with E-state index >= 15 is 0 Å². The third-order valence-electron chi connectivity index (χ3n) is 6.62. The van der Waals surface area contributed by atoms with Gasteiger partial charge in [0.2, 0.25) is 5.69 Å². The highest BCUT2D eigenvalue weighted by Gasteiger charge is 2.54. The highest BCUT2D eigenvalue weighted by atomic mass is 19.1. The highest BCUT2D eigenvalue weighted by Crippen LogP contribution is 2.55. The predicted molar refractivity (Wildman–Crippen MR) is 117 cm³/mol. The fourth-order valence-corrected chi connectivity index (χ4v) is 4.69. The Morgan fingerprint density at radius 1 is 1.19 bits per heavy atom. The van der Waals surface area contributed by atoms with E-state index in [9.17, 15) is 9.50 Å². The van der Waals surface area contributed by atoms with E-state index in [1.54, 1.807) is 18.2 Å². The lowest BCUT2D eigenvalue weighted by Gasteiger charge is -2.39. The van der Waals surface area contributed by atoms with Crippen LogP contribution >= 0.6 is 0 Å². The number of aliphatic hydroxyl groups is 1. The minimum absolute atomic E-state index is 0.282. The van der Waals surface area contributed by atoms with Gasteiger partial charge in [0.15, 0.2) is 0 Å². The lowest BCUT2D eigenvalue weighted by Crippen LogP contribution is -2.44. The summed E-state index contributed by atoms with van der Waals surface area (Å²) in [5, 5.41) is 16.1. The van der Waals surface area contributed by atoms with E-state index in [-0.39, 0.29) is 5.82 Å². The van der Waals surface area contributed by atoms with Gasteiger partial charge in [-0.3, -0.25) is 0 Å². The molecule has 1 N–H and O–H groups in total. The molecule has 152 valence electrons. The van der Waals surface area contributed by atoms with Crippen molar-refractivity contribution in [1.82, 2.24) is 9.78 Å². The van der Waals surface area contributed by atoms with Gasteiger partial charge in [-0.15, -0.1) is 0 Å². The maximum atomic E-state index is 13.3. The predicted octanol–water partition coefficient (Wildman–Crippen LogP) is 5.08. The Morgan fingerprint density at radius 3 is 2.74 bits per heavy atom. The average Bonchev–Trinajstić information content (AvgIpc) is 3.29. The number of halogens is 1. The number of para-hydroxylation sites is 1. The molecular weight excluding hydrogens is 389 g/mol. The molecule has 0 aliphatic heterocycles. The van der Waals surface area contributed by atoms with Gasteiger partial charge in [0.05, 0.1) is 24.2 Å². The number of fused-ring (bicyclic) bond motifs is 2. The molecule has 2 aliphatic rings. The minimum atomic E-state index is -1.19. The molecular formula is C26H20FN3O. The van der Waals surface area contributed by atoms with Crippen molar-refractivity contribution in [2.75, 3.05) is 0 Å². The highest BCUT2D eigenvalue weighted by molar-refractivity contribution is 5.65. The van der Waals surface area contributed by atoms with Crippen LogP contribution in [0, 0.1) is 29.6 Å². The van der Waals surface area contributed by atoms with E-state index in [1.807, 2.05) is 29.1 Å². The van der Waals surface area contributed by atoms with Crippen molar-refractivity contribution >= 4 is 11.8 Å². The second-order valence-electron chi connectivity index (χ2n) is 8.36. The molecule has 1 heterocycles. The summed E-state index contributed by atoms with van der Waals surface area (Å²) in [6.45, 7) is 9.38. The van der Waals surface area contributed by atoms with E-state index in [0.717, 1.165) is 28.9 Å². The van der Waals surface area contributed by atoms with Crippen molar-refractivity contribution in [1.29, 1.82) is 0 Å². The Morgan fingerprint density at radius 2 is 1.97 bits per heavy atom. The van der Waals surface area contributed by atoms with Crippen molar-refractivity contribution in [2.45, 2.75) is 31.8 Å². The number of hydrogen-bond acceptors (Lipinski definition) is 2. The summed E-state index contributed by atoms with van der Waals surface area (Å²) in [7, 11) is 0. The number of aromatic nitrogens is 2. The average molecular weight is 409 g/mol. The first-order valence-electron chi connectivity index (χ1n) is 10.2. The molecule has 2 aliphatic carbocycles. The van der Waals surface area contributed by atoms with Crippen molar-refractivity contribution in [3.63, 3.8) is 0 Å². The molecule has 3 aromatic rings. The van der Waals surface area contributed by atoms with Crippen molar-refractivity contribution < 1.29 is 9.50 Å². The topological polar surface area (TPSA) is 42.4 Å². The van der Waals surface area contributed by atoms with Gasteiger partial charge in [0.25, 0.3) is 0 Å². The van der Waals surface area contributed by atoms with Crippen molar-refractivity contribution in [3.05, 3.63) is 94.4 Å². The number of hydrogen-bond donors (Lipinski definition) is 1. The maximum Gasteiger partial charge on any atom is 0.202 e. The molecule has 2 atom stereocenters. The van der Waals surface area contributed by atoms with Gasteiger partial charge in [0, 0.05) is 11.0 Å². The summed E-state index contributed by atoms with van der Waals surface area (Å²) >= 11 is 0. The van der Waals surface area contributed by atoms with Crippen molar-refractivity contribution in [2.24, 2.45) is 5.41 Å². The molecule has 0 amide bonds. The van der Waals surface area contributed by atoms with E-state index in [4.69, 9.17) is 6.57 Å². The minimum Gasteiger partial charge on any atom is -0.377 e. The van der Waals surface area contributed by atoms with Gasteiger partial charge in [0.1, 0.15) is 11.4 Å². The molecule has 5 rings (SSSR count). The van der Waals surface area contributed by atoms with Crippen LogP contribution in [0.15, 0.2) is 60.3 Å². The summed E-state index contributed by atoms with van der Waals surface area (Å²) < 4.78 is 15.1. The molecule has 0 spiro atoms. The molecule has 1 fully saturated rings. The molecule has 31 heavy (non-hydrogen) atoms. The van der Waals surface area contributed by atoms with Crippen molar-refractivity contribution in [3.8, 4) is 17.5 Å². The maximum absolute atomic E-state index is 13.3. The number of benzene rings is 2. The van der Waals surface area contributed by atoms with Crippen LogP contribution in [0.25, 0.3) is 16.6 Å². The zero-order valence-electron chi connectivity index (χ0n) is 17.1. The lowest BCUT2D eigenvalue weighted by atomic mass is 9.67. The molecule has 0 unspecified atom stereocenters. The molecule has 0 bridgehead atoms. The number of nitrogens with zero attached hydrogens (tertiary/aromatic N) is 3. The summed E-state index contributed by atoms with van der Waals surface area (Å²) in [5.74, 6) is 5.90. The van der Waals surface area contributed by atoms with Gasteiger partial charge >= 0.3 is 0 Å². The largest absolute Gasteiger partial charge is 0.377 e. The standard InChI is InChI=1S/C26H20FN3O/c1-25-16-19-17-29-30(22-9-7-21(27)8-10-22)24(19)15-20(25)12-14-26(25,31)13-11-18-5-3-4-6-23(18)28-2/h3-10,15,17,31H,12,14,16H2,1H3/t25-,26-/m0/s1. The van der Waals surface area contributed by atoms with Crippen LogP contribution < -0.4 is 0 Å². The Balaban J connectivity index is 1.53. The zero-order valence-corrected chi connectivity index (χ0v) is 17.1. The molecule has 4 nitrogen and oxygen atoms in total. The third kappa shape index (κ3) is 2.98. The fourth-order valence-electron chi connectivity index (χ4n) is 4.69. The molecule has 1 aromatic heterocycles. The zero-order chi connectivity index (χ0) is 21.6. The van der Waals surface area contributed by atoms with Crippen LogP contribution in [0.3, 0.4) is 0 Å². The number of rotatable bonds is 1. The first-order chi connectivity index (χ1) is 14.9. The molecule has 0 saturated heterocycles. The van der Waals surface area contributed by atoms with Crippen LogP contribution in [-0.2, 0) is 6.42 Å². The van der Waals surface area contributed by atoms with Crippen LogP contribution in [0.5, 0.6) is 0 Å². The van der Waals surface area contributed by atoms with Crippen LogP contribution in [0.4, 0.5) is 10.1 Å². The first kappa shape index (κ1) is 19.3. The first-order valence-corrected chi connectivity index (χ1v) is 10.2. The normalized spacial score (nSPS) is 23.7. The van der Waals surface area contributed by atoms with Gasteiger partial charge in [-0.2, -0.15) is 5.10 Å². The molecule has 0 radical (unpaired) electrons. The van der Waals surface area contributed by atoms with E-state index < -0.39 is 11.0 Å². The van der Waals surface area contributed by atoms with Gasteiger partial charge < -0.3 is 5.11 Å². The second-order valence-corrected chi connectivity index (χ2v) is 8.36. The molecule has 2 aromatic carbocycles. The molecule has 1 saturated carbocycles. The van der Waals surface area contributed by atoms with Crippen LogP contribution in [0.2, 0.25) is 0 Å². The lowest BCUT2D eigenvalue weighted by molar-refractivity contribution is 0.0153. The Bertz CT molecular complexity index is 1320. The van der Waals surface area contributed by atoms with E-state index in [1.165, 1.54) is 12.1 Å². The summed E-state index contributed by atoms with van der Waals surface area (Å²) in [4.78, 5) is 3.52. The Labute approximate surface area is 180 Å². The Kier molecular flexibility index (Phi) is 4.32. The van der Waals surface area contributed by atoms with Gasteiger partial charge in [-0.25, -0.2) is 13.9 Å². The summed E-state index contributed by atoms with van der Waals surface area (Å²) in [6.07, 6.45) is 5.81. The van der Waals surface area contributed by atoms with Crippen LogP contribution in [-0.4, -0.2) is 20.5 Å². The van der Waals surface area contributed by atoms with Gasteiger partial charge in [-0.1, -0.05) is 48.6 Å². The van der Waals surface area contributed by atoms with E-state index in [0.29, 0.717) is 24.1 Å². The summed E-state index contributed by atoms with van der Waals surface area (Å²) in [6, 6.07) is 13.5. The fraction of sp³-hybridized carbons (Fsp3) is 0.231. The summed E-state index contributed by atoms with van der Waals surface area (Å²) in [5.41, 5.74) is 3.33. The van der Waals surface area contributed by atoms with Crippen LogP contribution in [0.1, 0.15) is 36.6 Å². The SMILES string of the molecule is [C-]#[N+]c1ccccc1C#C[C@]1(O)CCC2=Cc3c(cnn3-c3ccc(F)cc3)C[C@@]21C. The Hall–Kier alpha value is -3.67. The quantitative estimate of drug-likeness (QED) is 0.450. The van der Waals surface area contributed by atoms with Gasteiger partial charge in [-0.05, 0) is 55.2 Å². The third-order valence-corrected chi connectivity index (χ3v) is 6.62. The molecule has 5 heteroatoms.